The summed E-state index contributed by atoms with van der Waals surface area (Å²) in [5.74, 6) is 0. The third-order valence-corrected chi connectivity index (χ3v) is 1.16. The van der Waals surface area contributed by atoms with Crippen LogP contribution in [0, 0.1) is 0 Å². The molecule has 0 heterocycles. The molecule has 0 aromatic rings. The van der Waals surface area contributed by atoms with Gasteiger partial charge in [-0.25, -0.2) is 0 Å². The van der Waals surface area contributed by atoms with E-state index >= 15 is 0 Å². The average Bonchev–Trinajstić information content (AvgIpc) is 1.14. The average molecular weight is 154 g/mol. The fourth-order valence-electron chi connectivity index (χ4n) is 0.366. The third kappa shape index (κ3) is 8.19. The summed E-state index contributed by atoms with van der Waals surface area (Å²) in [6.45, 7) is 2.09. The highest BCUT2D eigenvalue weighted by Gasteiger charge is 2.28. The van der Waals surface area contributed by atoms with Crippen LogP contribution in [-0.2, 0) is 0 Å². The first-order chi connectivity index (χ1) is 3.71. The van der Waals surface area contributed by atoms with Crippen LogP contribution in [0.25, 0.3) is 0 Å². The molecule has 0 aromatic carbocycles. The molecule has 0 amide bonds. The van der Waals surface area contributed by atoms with Crippen LogP contribution in [0.2, 0.25) is 0 Å². The zero-order valence-electron chi connectivity index (χ0n) is 5.20. The fourth-order valence-corrected chi connectivity index (χ4v) is 1.10. The minimum absolute atomic E-state index is 0.236. The van der Waals surface area contributed by atoms with Crippen molar-refractivity contribution in [2.45, 2.75) is 24.1 Å². The molecule has 0 saturated carbocycles. The van der Waals surface area contributed by atoms with Crippen LogP contribution >= 0.6 is 11.8 Å². The fraction of sp³-hybridized carbons (Fsp3) is 1.00. The highest BCUT2D eigenvalue weighted by Crippen LogP contribution is 2.28. The van der Waals surface area contributed by atoms with E-state index < -0.39 is 10.2 Å². The first-order valence-corrected chi connectivity index (χ1v) is 3.12. The summed E-state index contributed by atoms with van der Waals surface area (Å²) in [7, 11) is 0. The SMILES string of the molecule is CC(O)(O)SC(C)(O)O. The Morgan fingerprint density at radius 2 is 1.11 bits per heavy atom. The van der Waals surface area contributed by atoms with Gasteiger partial charge in [-0.15, -0.1) is 0 Å². The van der Waals surface area contributed by atoms with Crippen molar-refractivity contribution in [3.05, 3.63) is 0 Å². The Kier molecular flexibility index (Phi) is 2.48. The van der Waals surface area contributed by atoms with Crippen molar-refractivity contribution in [3.8, 4) is 0 Å². The number of aliphatic hydroxyl groups is 4. The van der Waals surface area contributed by atoms with Crippen LogP contribution < -0.4 is 0 Å². The molecule has 0 aromatic heterocycles. The monoisotopic (exact) mass is 154 g/mol. The van der Waals surface area contributed by atoms with E-state index in [0.29, 0.717) is 0 Å². The van der Waals surface area contributed by atoms with Crippen molar-refractivity contribution < 1.29 is 20.4 Å². The van der Waals surface area contributed by atoms with Crippen molar-refractivity contribution in [1.82, 2.24) is 0 Å². The zero-order valence-corrected chi connectivity index (χ0v) is 6.01. The van der Waals surface area contributed by atoms with E-state index in [2.05, 4.69) is 0 Å². The van der Waals surface area contributed by atoms with Gasteiger partial charge in [0.25, 0.3) is 0 Å². The second-order valence-corrected chi connectivity index (χ2v) is 3.72. The normalized spacial score (nSPS) is 14.0. The molecule has 0 saturated heterocycles. The van der Waals surface area contributed by atoms with E-state index in [9.17, 15) is 0 Å². The van der Waals surface area contributed by atoms with Gasteiger partial charge in [0.1, 0.15) is 0 Å². The predicted octanol–water partition coefficient (Wildman–Crippen LogP) is -0.964. The maximum Gasteiger partial charge on any atom is 0.215 e. The molecule has 0 fully saturated rings. The molecule has 0 rings (SSSR count). The Labute approximate surface area is 57.1 Å². The Bertz CT molecular complexity index is 77.7. The number of hydrogen-bond donors (Lipinski definition) is 4. The molecule has 4 nitrogen and oxygen atoms in total. The van der Waals surface area contributed by atoms with Gasteiger partial charge in [-0.05, 0) is 25.6 Å². The lowest BCUT2D eigenvalue weighted by Gasteiger charge is -2.22. The minimum atomic E-state index is -2.10. The standard InChI is InChI=1S/C4H10O4S/c1-3(5,6)9-4(2,7)8/h5-8H,1-2H3. The van der Waals surface area contributed by atoms with Gasteiger partial charge in [0.05, 0.1) is 0 Å². The second kappa shape index (κ2) is 2.43. The molecule has 0 spiro atoms. The zero-order chi connectivity index (χ0) is 7.71. The minimum Gasteiger partial charge on any atom is -0.357 e. The molecular formula is C4H10O4S. The highest BCUT2D eigenvalue weighted by atomic mass is 32.2. The Balaban J connectivity index is 3.75. The van der Waals surface area contributed by atoms with Gasteiger partial charge in [-0.1, -0.05) is 0 Å². The van der Waals surface area contributed by atoms with Crippen LogP contribution in [-0.4, -0.2) is 30.7 Å². The van der Waals surface area contributed by atoms with Crippen LogP contribution in [0.1, 0.15) is 13.8 Å². The van der Waals surface area contributed by atoms with Crippen molar-refractivity contribution in [2.24, 2.45) is 0 Å². The van der Waals surface area contributed by atoms with Crippen molar-refractivity contribution in [1.29, 1.82) is 0 Å². The van der Waals surface area contributed by atoms with E-state index in [-0.39, 0.29) is 11.8 Å². The molecule has 0 aliphatic carbocycles. The van der Waals surface area contributed by atoms with Crippen molar-refractivity contribution >= 4 is 11.8 Å². The summed E-state index contributed by atoms with van der Waals surface area (Å²) in [6, 6.07) is 0. The van der Waals surface area contributed by atoms with E-state index in [1.165, 1.54) is 0 Å². The topological polar surface area (TPSA) is 80.9 Å². The van der Waals surface area contributed by atoms with Gasteiger partial charge in [0.15, 0.2) is 0 Å². The van der Waals surface area contributed by atoms with Crippen LogP contribution in [0.3, 0.4) is 0 Å². The number of thioether (sulfide) groups is 1. The Morgan fingerprint density at radius 3 is 1.11 bits per heavy atom. The van der Waals surface area contributed by atoms with Gasteiger partial charge in [-0.2, -0.15) is 0 Å². The first kappa shape index (κ1) is 9.19. The molecular weight excluding hydrogens is 144 g/mol. The van der Waals surface area contributed by atoms with E-state index in [0.717, 1.165) is 13.8 Å². The van der Waals surface area contributed by atoms with E-state index in [4.69, 9.17) is 20.4 Å². The molecule has 0 atom stereocenters. The number of rotatable bonds is 2. The maximum atomic E-state index is 8.55. The third-order valence-electron chi connectivity index (χ3n) is 0.387. The number of hydrogen-bond acceptors (Lipinski definition) is 5. The molecule has 5 heteroatoms. The Morgan fingerprint density at radius 1 is 0.889 bits per heavy atom. The summed E-state index contributed by atoms with van der Waals surface area (Å²) in [4.78, 5) is 0. The maximum absolute atomic E-state index is 8.55. The van der Waals surface area contributed by atoms with Gasteiger partial charge in [0.2, 0.25) is 10.2 Å². The molecule has 9 heavy (non-hydrogen) atoms. The molecule has 56 valence electrons. The molecule has 0 bridgehead atoms. The summed E-state index contributed by atoms with van der Waals surface area (Å²) < 4.78 is 0. The molecule has 0 aliphatic rings. The molecule has 4 N–H and O–H groups in total. The summed E-state index contributed by atoms with van der Waals surface area (Å²) >= 11 is 0.236. The summed E-state index contributed by atoms with van der Waals surface area (Å²) in [5.41, 5.74) is 0. The second-order valence-electron chi connectivity index (χ2n) is 1.97. The van der Waals surface area contributed by atoms with Gasteiger partial charge >= 0.3 is 0 Å². The smallest absolute Gasteiger partial charge is 0.215 e. The van der Waals surface area contributed by atoms with Gasteiger partial charge in [-0.3, -0.25) is 0 Å². The summed E-state index contributed by atoms with van der Waals surface area (Å²) in [5, 5.41) is 30.0. The Hall–Kier alpha value is 0.190. The van der Waals surface area contributed by atoms with Gasteiger partial charge < -0.3 is 20.4 Å². The lowest BCUT2D eigenvalue weighted by atomic mass is 10.7. The van der Waals surface area contributed by atoms with Crippen LogP contribution in [0.15, 0.2) is 0 Å². The molecule has 0 radical (unpaired) electrons. The van der Waals surface area contributed by atoms with E-state index in [1.807, 2.05) is 0 Å². The molecule has 0 unspecified atom stereocenters. The predicted molar refractivity (Wildman–Crippen MR) is 33.3 cm³/mol. The van der Waals surface area contributed by atoms with Crippen molar-refractivity contribution in [3.63, 3.8) is 0 Å². The largest absolute Gasteiger partial charge is 0.357 e. The quantitative estimate of drug-likeness (QED) is 0.385. The first-order valence-electron chi connectivity index (χ1n) is 2.30. The lowest BCUT2D eigenvalue weighted by molar-refractivity contribution is -0.0916. The van der Waals surface area contributed by atoms with Gasteiger partial charge in [0, 0.05) is 0 Å². The van der Waals surface area contributed by atoms with Crippen LogP contribution in [0.5, 0.6) is 0 Å². The lowest BCUT2D eigenvalue weighted by Crippen LogP contribution is -2.29. The van der Waals surface area contributed by atoms with Crippen LogP contribution in [0.4, 0.5) is 0 Å². The summed E-state index contributed by atoms with van der Waals surface area (Å²) in [6.07, 6.45) is 0. The highest BCUT2D eigenvalue weighted by molar-refractivity contribution is 8.01. The van der Waals surface area contributed by atoms with Crippen molar-refractivity contribution in [2.75, 3.05) is 0 Å². The van der Waals surface area contributed by atoms with E-state index in [1.54, 1.807) is 0 Å². The molecule has 0 aliphatic heterocycles.